The lowest BCUT2D eigenvalue weighted by Crippen LogP contribution is -2.14. The summed E-state index contributed by atoms with van der Waals surface area (Å²) in [5.41, 5.74) is 6.71. The number of aromatic nitrogens is 4. The Kier molecular flexibility index (Phi) is 4.35. The number of benzene rings is 1. The third-order valence-corrected chi connectivity index (χ3v) is 4.30. The van der Waals surface area contributed by atoms with Crippen molar-refractivity contribution in [3.8, 4) is 5.69 Å². The molecule has 3 N–H and O–H groups in total. The summed E-state index contributed by atoms with van der Waals surface area (Å²) in [4.78, 5) is 15.9. The molecule has 3 rings (SSSR count). The number of hydrogen-bond acceptors (Lipinski definition) is 7. The first-order valence-corrected chi connectivity index (χ1v) is 8.19. The van der Waals surface area contributed by atoms with Crippen LogP contribution in [0.2, 0.25) is 0 Å². The molecule has 0 aliphatic heterocycles. The van der Waals surface area contributed by atoms with E-state index in [0.29, 0.717) is 10.3 Å². The minimum absolute atomic E-state index is 0.152. The van der Waals surface area contributed by atoms with Crippen LogP contribution in [-0.4, -0.2) is 31.4 Å². The summed E-state index contributed by atoms with van der Waals surface area (Å²) in [5, 5.41) is 13.6. The van der Waals surface area contributed by atoms with Gasteiger partial charge >= 0.3 is 0 Å². The van der Waals surface area contributed by atoms with Crippen LogP contribution in [-0.2, 0) is 4.79 Å². The normalized spacial score (nSPS) is 10.5. The van der Waals surface area contributed by atoms with Crippen LogP contribution in [0.1, 0.15) is 0 Å². The highest BCUT2D eigenvalue weighted by Crippen LogP contribution is 2.23. The summed E-state index contributed by atoms with van der Waals surface area (Å²) in [6.45, 7) is 0. The number of amides is 1. The Labute approximate surface area is 134 Å². The molecule has 1 amide bonds. The zero-order valence-corrected chi connectivity index (χ0v) is 13.0. The number of rotatable bonds is 5. The van der Waals surface area contributed by atoms with Gasteiger partial charge in [-0.15, -0.1) is 21.5 Å². The Balaban J connectivity index is 1.70. The number of thiazole rings is 1. The van der Waals surface area contributed by atoms with Crippen LogP contribution in [0.3, 0.4) is 0 Å². The van der Waals surface area contributed by atoms with Gasteiger partial charge in [0.15, 0.2) is 10.3 Å². The molecule has 0 bridgehead atoms. The highest BCUT2D eigenvalue weighted by Gasteiger charge is 2.14. The molecule has 112 valence electrons. The van der Waals surface area contributed by atoms with Crippen molar-refractivity contribution in [3.05, 3.63) is 41.9 Å². The van der Waals surface area contributed by atoms with E-state index in [1.54, 1.807) is 16.1 Å². The van der Waals surface area contributed by atoms with Gasteiger partial charge in [0.05, 0.1) is 11.4 Å². The van der Waals surface area contributed by atoms with Crippen LogP contribution >= 0.6 is 23.1 Å². The number of carbonyl (C=O) groups excluding carboxylic acids is 1. The zero-order valence-electron chi connectivity index (χ0n) is 11.3. The van der Waals surface area contributed by atoms with Gasteiger partial charge in [-0.2, -0.15) is 0 Å². The highest BCUT2D eigenvalue weighted by atomic mass is 32.2. The van der Waals surface area contributed by atoms with Crippen molar-refractivity contribution < 1.29 is 4.79 Å². The van der Waals surface area contributed by atoms with E-state index in [1.165, 1.54) is 23.1 Å². The van der Waals surface area contributed by atoms with Crippen LogP contribution < -0.4 is 11.1 Å². The Morgan fingerprint density at radius 3 is 2.86 bits per heavy atom. The first-order valence-electron chi connectivity index (χ1n) is 6.32. The van der Waals surface area contributed by atoms with E-state index in [-0.39, 0.29) is 17.6 Å². The van der Waals surface area contributed by atoms with E-state index in [2.05, 4.69) is 20.5 Å². The quantitative estimate of drug-likeness (QED) is 0.694. The van der Waals surface area contributed by atoms with Crippen molar-refractivity contribution >= 4 is 40.1 Å². The molecule has 0 aliphatic carbocycles. The predicted molar refractivity (Wildman–Crippen MR) is 87.2 cm³/mol. The van der Waals surface area contributed by atoms with E-state index in [9.17, 15) is 4.79 Å². The number of nitrogens with zero attached hydrogens (tertiary/aromatic N) is 4. The topological polar surface area (TPSA) is 98.7 Å². The number of carbonyl (C=O) groups is 1. The molecule has 0 atom stereocenters. The van der Waals surface area contributed by atoms with Gasteiger partial charge in [-0.3, -0.25) is 9.36 Å². The minimum Gasteiger partial charge on any atom is -0.368 e. The second-order valence-corrected chi connectivity index (χ2v) is 6.02. The van der Waals surface area contributed by atoms with Crippen LogP contribution in [0.15, 0.2) is 47.1 Å². The molecule has 2 aromatic heterocycles. The molecule has 0 aliphatic rings. The maximum atomic E-state index is 11.9. The third kappa shape index (κ3) is 3.26. The lowest BCUT2D eigenvalue weighted by molar-refractivity contribution is -0.113. The summed E-state index contributed by atoms with van der Waals surface area (Å²) in [7, 11) is 0. The van der Waals surface area contributed by atoms with Crippen LogP contribution in [0.5, 0.6) is 0 Å². The minimum atomic E-state index is -0.152. The van der Waals surface area contributed by atoms with Gasteiger partial charge in [-0.1, -0.05) is 30.0 Å². The highest BCUT2D eigenvalue weighted by molar-refractivity contribution is 7.99. The average Bonchev–Trinajstić information content (AvgIpc) is 3.16. The zero-order chi connectivity index (χ0) is 15.4. The van der Waals surface area contributed by atoms with Gasteiger partial charge in [-0.05, 0) is 12.1 Å². The molecule has 0 fully saturated rings. The summed E-state index contributed by atoms with van der Waals surface area (Å²) in [6, 6.07) is 9.52. The summed E-state index contributed by atoms with van der Waals surface area (Å²) in [5.74, 6) is 0.333. The largest absolute Gasteiger partial charge is 0.368 e. The number of para-hydroxylation sites is 1. The van der Waals surface area contributed by atoms with E-state index in [1.807, 2.05) is 30.3 Å². The standard InChI is InChI=1S/C13H12N6OS2/c14-11-17-18-13(19(11)9-4-2-1-3-5-9)22-8-10(20)16-12-15-6-7-21-12/h1-7H,8H2,(H2,14,17)(H,15,16,20). The number of nitrogen functional groups attached to an aromatic ring is 1. The molecule has 3 aromatic rings. The molecule has 2 heterocycles. The predicted octanol–water partition coefficient (Wildman–Crippen LogP) is 2.04. The smallest absolute Gasteiger partial charge is 0.236 e. The lowest BCUT2D eigenvalue weighted by atomic mass is 10.3. The monoisotopic (exact) mass is 332 g/mol. The number of thioether (sulfide) groups is 1. The molecule has 7 nitrogen and oxygen atoms in total. The molecule has 1 aromatic carbocycles. The first kappa shape index (κ1) is 14.5. The van der Waals surface area contributed by atoms with E-state index < -0.39 is 0 Å². The van der Waals surface area contributed by atoms with E-state index in [4.69, 9.17) is 5.73 Å². The maximum Gasteiger partial charge on any atom is 0.236 e. The van der Waals surface area contributed by atoms with Gasteiger partial charge in [0.25, 0.3) is 0 Å². The van der Waals surface area contributed by atoms with Gasteiger partial charge < -0.3 is 11.1 Å². The fourth-order valence-corrected chi connectivity index (χ4v) is 3.07. The van der Waals surface area contributed by atoms with Crippen molar-refractivity contribution in [1.82, 2.24) is 19.7 Å². The van der Waals surface area contributed by atoms with Gasteiger partial charge in [0.1, 0.15) is 0 Å². The molecular weight excluding hydrogens is 320 g/mol. The van der Waals surface area contributed by atoms with Crippen LogP contribution in [0.25, 0.3) is 5.69 Å². The van der Waals surface area contributed by atoms with E-state index in [0.717, 1.165) is 5.69 Å². The first-order chi connectivity index (χ1) is 10.7. The summed E-state index contributed by atoms with van der Waals surface area (Å²) >= 11 is 2.64. The second-order valence-electron chi connectivity index (χ2n) is 4.19. The fourth-order valence-electron chi connectivity index (χ4n) is 1.77. The molecule has 0 saturated heterocycles. The van der Waals surface area contributed by atoms with Crippen LogP contribution in [0, 0.1) is 0 Å². The Bertz CT molecular complexity index is 756. The average molecular weight is 332 g/mol. The second kappa shape index (κ2) is 6.58. The Morgan fingerprint density at radius 2 is 2.14 bits per heavy atom. The summed E-state index contributed by atoms with van der Waals surface area (Å²) < 4.78 is 1.71. The SMILES string of the molecule is Nc1nnc(SCC(=O)Nc2nccs2)n1-c1ccccc1. The van der Waals surface area contributed by atoms with Crippen molar-refractivity contribution in [2.24, 2.45) is 0 Å². The number of nitrogens with one attached hydrogen (secondary N) is 1. The number of hydrogen-bond donors (Lipinski definition) is 2. The van der Waals surface area contributed by atoms with Crippen molar-refractivity contribution in [2.75, 3.05) is 16.8 Å². The van der Waals surface area contributed by atoms with Gasteiger partial charge in [-0.25, -0.2) is 4.98 Å². The van der Waals surface area contributed by atoms with Gasteiger partial charge in [0.2, 0.25) is 11.9 Å². The Morgan fingerprint density at radius 1 is 1.32 bits per heavy atom. The van der Waals surface area contributed by atoms with Crippen LogP contribution in [0.4, 0.5) is 11.1 Å². The summed E-state index contributed by atoms with van der Waals surface area (Å²) in [6.07, 6.45) is 1.64. The number of anilines is 2. The van der Waals surface area contributed by atoms with Crippen molar-refractivity contribution in [3.63, 3.8) is 0 Å². The van der Waals surface area contributed by atoms with E-state index >= 15 is 0 Å². The number of nitrogens with two attached hydrogens (primary N) is 1. The maximum absolute atomic E-state index is 11.9. The van der Waals surface area contributed by atoms with Crippen molar-refractivity contribution in [1.29, 1.82) is 0 Å². The molecular formula is C13H12N6OS2. The molecule has 22 heavy (non-hydrogen) atoms. The van der Waals surface area contributed by atoms with Gasteiger partial charge in [0, 0.05) is 11.6 Å². The Hall–Kier alpha value is -2.39. The molecule has 0 radical (unpaired) electrons. The lowest BCUT2D eigenvalue weighted by Gasteiger charge is -2.07. The molecule has 0 saturated carbocycles. The third-order valence-electron chi connectivity index (χ3n) is 2.68. The van der Waals surface area contributed by atoms with Crippen molar-refractivity contribution in [2.45, 2.75) is 5.16 Å². The molecule has 0 unspecified atom stereocenters. The molecule has 0 spiro atoms. The molecule has 9 heteroatoms. The fraction of sp³-hybridized carbons (Fsp3) is 0.0769.